The van der Waals surface area contributed by atoms with Crippen LogP contribution in [0.1, 0.15) is 10.4 Å². The van der Waals surface area contributed by atoms with Crippen molar-refractivity contribution in [2.75, 3.05) is 13.2 Å². The van der Waals surface area contributed by atoms with E-state index in [-0.39, 0.29) is 11.3 Å². The van der Waals surface area contributed by atoms with Gasteiger partial charge in [0.2, 0.25) is 0 Å². The van der Waals surface area contributed by atoms with Gasteiger partial charge >= 0.3 is 12.3 Å². The molecule has 5 nitrogen and oxygen atoms in total. The number of carbonyl (C=O) groups is 1. The maximum atomic E-state index is 11.6. The van der Waals surface area contributed by atoms with Gasteiger partial charge in [0.1, 0.15) is 12.2 Å². The summed E-state index contributed by atoms with van der Waals surface area (Å²) in [5, 5.41) is 8.73. The maximum Gasteiger partial charge on any atom is 0.522 e. The number of halogens is 3. The number of aromatic carboxylic acids is 1. The lowest BCUT2D eigenvalue weighted by Crippen LogP contribution is -2.18. The predicted octanol–water partition coefficient (Wildman–Crippen LogP) is 1.70. The third kappa shape index (κ3) is 4.68. The fraction of sp³-hybridized carbons (Fsp3) is 0.333. The molecule has 1 aromatic heterocycles. The third-order valence-corrected chi connectivity index (χ3v) is 1.62. The molecule has 1 aromatic rings. The first-order valence-corrected chi connectivity index (χ1v) is 4.41. The Kier molecular flexibility index (Phi) is 4.27. The molecule has 0 aliphatic carbocycles. The van der Waals surface area contributed by atoms with E-state index in [0.717, 1.165) is 6.20 Å². The van der Waals surface area contributed by atoms with Gasteiger partial charge in [-0.3, -0.25) is 9.72 Å². The van der Waals surface area contributed by atoms with E-state index in [1.165, 1.54) is 12.3 Å². The van der Waals surface area contributed by atoms with Crippen molar-refractivity contribution in [1.82, 2.24) is 4.98 Å². The largest absolute Gasteiger partial charge is 0.522 e. The van der Waals surface area contributed by atoms with E-state index in [1.54, 1.807) is 0 Å². The summed E-state index contributed by atoms with van der Waals surface area (Å²) >= 11 is 0. The Morgan fingerprint density at radius 2 is 2.12 bits per heavy atom. The van der Waals surface area contributed by atoms with E-state index in [9.17, 15) is 18.0 Å². The Hall–Kier alpha value is -1.83. The fourth-order valence-electron chi connectivity index (χ4n) is 0.981. The Balaban J connectivity index is 2.49. The van der Waals surface area contributed by atoms with E-state index in [2.05, 4.69) is 9.72 Å². The highest BCUT2D eigenvalue weighted by molar-refractivity contribution is 5.90. The number of nitrogens with zero attached hydrogens (tertiary/aromatic N) is 1. The molecule has 0 radical (unpaired) electrons. The van der Waals surface area contributed by atoms with Crippen molar-refractivity contribution < 1.29 is 32.5 Å². The number of aromatic nitrogens is 1. The van der Waals surface area contributed by atoms with Crippen LogP contribution in [0.3, 0.4) is 0 Å². The molecular weight excluding hydrogens is 243 g/mol. The number of hydrogen-bond acceptors (Lipinski definition) is 4. The van der Waals surface area contributed by atoms with Crippen LogP contribution in [0.4, 0.5) is 13.2 Å². The zero-order valence-electron chi connectivity index (χ0n) is 8.40. The molecule has 1 rings (SSSR count). The number of hydrogen-bond donors (Lipinski definition) is 1. The Labute approximate surface area is 93.8 Å². The van der Waals surface area contributed by atoms with Crippen LogP contribution in [-0.4, -0.2) is 35.6 Å². The van der Waals surface area contributed by atoms with Crippen molar-refractivity contribution in [3.05, 3.63) is 24.0 Å². The minimum atomic E-state index is -4.73. The molecule has 1 N–H and O–H groups in total. The van der Waals surface area contributed by atoms with Gasteiger partial charge in [0.25, 0.3) is 0 Å². The van der Waals surface area contributed by atoms with Crippen LogP contribution in [0, 0.1) is 0 Å². The first-order chi connectivity index (χ1) is 7.90. The van der Waals surface area contributed by atoms with Crippen molar-refractivity contribution in [3.63, 3.8) is 0 Å². The minimum absolute atomic E-state index is 0.106. The number of ether oxygens (including phenoxy) is 2. The monoisotopic (exact) mass is 251 g/mol. The molecule has 8 heteroatoms. The molecule has 0 saturated carbocycles. The van der Waals surface area contributed by atoms with Gasteiger partial charge in [0.05, 0.1) is 12.8 Å². The van der Waals surface area contributed by atoms with Crippen LogP contribution in [0.15, 0.2) is 18.5 Å². The summed E-state index contributed by atoms with van der Waals surface area (Å²) in [5.41, 5.74) is -0.174. The van der Waals surface area contributed by atoms with E-state index in [4.69, 9.17) is 9.84 Å². The second kappa shape index (κ2) is 5.48. The van der Waals surface area contributed by atoms with Crippen LogP contribution >= 0.6 is 0 Å². The molecule has 0 aliphatic heterocycles. The van der Waals surface area contributed by atoms with Crippen molar-refractivity contribution in [1.29, 1.82) is 0 Å². The normalized spacial score (nSPS) is 11.2. The average molecular weight is 251 g/mol. The number of alkyl halides is 3. The smallest absolute Gasteiger partial charge is 0.489 e. The molecule has 94 valence electrons. The first-order valence-electron chi connectivity index (χ1n) is 4.41. The second-order valence-corrected chi connectivity index (χ2v) is 2.82. The van der Waals surface area contributed by atoms with Gasteiger partial charge in [-0.05, 0) is 6.07 Å². The van der Waals surface area contributed by atoms with Gasteiger partial charge in [-0.1, -0.05) is 0 Å². The average Bonchev–Trinajstić information content (AvgIpc) is 2.23. The second-order valence-electron chi connectivity index (χ2n) is 2.82. The topological polar surface area (TPSA) is 68.7 Å². The summed E-state index contributed by atoms with van der Waals surface area (Å²) in [6.07, 6.45) is -2.38. The highest BCUT2D eigenvalue weighted by Crippen LogP contribution is 2.18. The Bertz CT molecular complexity index is 394. The van der Waals surface area contributed by atoms with E-state index < -0.39 is 25.5 Å². The standard InChI is InChI=1S/C9H8F3NO4/c10-9(11,12)17-4-3-16-7-5-13-2-1-6(7)8(14)15/h1-2,5H,3-4H2,(H,14,15). The SMILES string of the molecule is O=C(O)c1ccncc1OCCOC(F)(F)F. The number of carboxylic acid groups (broad SMARTS) is 1. The number of pyridine rings is 1. The summed E-state index contributed by atoms with van der Waals surface area (Å²) < 4.78 is 43.1. The molecule has 0 unspecified atom stereocenters. The fourth-order valence-corrected chi connectivity index (χ4v) is 0.981. The summed E-state index contributed by atoms with van der Waals surface area (Å²) in [4.78, 5) is 14.3. The predicted molar refractivity (Wildman–Crippen MR) is 48.7 cm³/mol. The summed E-state index contributed by atoms with van der Waals surface area (Å²) in [5.74, 6) is -1.36. The molecule has 17 heavy (non-hydrogen) atoms. The zero-order valence-corrected chi connectivity index (χ0v) is 8.40. The van der Waals surface area contributed by atoms with Crippen molar-refractivity contribution in [2.24, 2.45) is 0 Å². The number of rotatable bonds is 5. The molecule has 0 fully saturated rings. The maximum absolute atomic E-state index is 11.6. The molecule has 0 atom stereocenters. The molecule has 0 aromatic carbocycles. The van der Waals surface area contributed by atoms with E-state index >= 15 is 0 Å². The van der Waals surface area contributed by atoms with Crippen molar-refractivity contribution >= 4 is 5.97 Å². The minimum Gasteiger partial charge on any atom is -0.489 e. The van der Waals surface area contributed by atoms with Gasteiger partial charge in [0.15, 0.2) is 5.75 Å². The van der Waals surface area contributed by atoms with Gasteiger partial charge in [-0.2, -0.15) is 0 Å². The number of carboxylic acids is 1. The molecule has 1 heterocycles. The van der Waals surface area contributed by atoms with Gasteiger partial charge < -0.3 is 9.84 Å². The van der Waals surface area contributed by atoms with Crippen LogP contribution in [0.2, 0.25) is 0 Å². The van der Waals surface area contributed by atoms with Crippen molar-refractivity contribution in [3.8, 4) is 5.75 Å². The zero-order chi connectivity index (χ0) is 12.9. The lowest BCUT2D eigenvalue weighted by Gasteiger charge is -2.10. The molecule has 0 aliphatic rings. The van der Waals surface area contributed by atoms with Crippen LogP contribution in [0.25, 0.3) is 0 Å². The molecular formula is C9H8F3NO4. The highest BCUT2D eigenvalue weighted by atomic mass is 19.4. The van der Waals surface area contributed by atoms with Gasteiger partial charge in [-0.25, -0.2) is 4.79 Å². The third-order valence-electron chi connectivity index (χ3n) is 1.62. The Morgan fingerprint density at radius 1 is 1.41 bits per heavy atom. The lowest BCUT2D eigenvalue weighted by molar-refractivity contribution is -0.325. The van der Waals surface area contributed by atoms with Gasteiger partial charge in [0, 0.05) is 6.20 Å². The van der Waals surface area contributed by atoms with Crippen LogP contribution in [-0.2, 0) is 4.74 Å². The summed E-state index contributed by atoms with van der Waals surface area (Å²) in [7, 11) is 0. The summed E-state index contributed by atoms with van der Waals surface area (Å²) in [6, 6.07) is 1.18. The lowest BCUT2D eigenvalue weighted by atomic mass is 10.2. The molecule has 0 bridgehead atoms. The van der Waals surface area contributed by atoms with E-state index in [0.29, 0.717) is 0 Å². The highest BCUT2D eigenvalue weighted by Gasteiger charge is 2.28. The van der Waals surface area contributed by atoms with E-state index in [1.807, 2.05) is 0 Å². The van der Waals surface area contributed by atoms with Crippen molar-refractivity contribution in [2.45, 2.75) is 6.36 Å². The van der Waals surface area contributed by atoms with Gasteiger partial charge in [-0.15, -0.1) is 13.2 Å². The quantitative estimate of drug-likeness (QED) is 0.806. The Morgan fingerprint density at radius 3 is 2.71 bits per heavy atom. The molecule has 0 saturated heterocycles. The van der Waals surface area contributed by atoms with Crippen LogP contribution in [0.5, 0.6) is 5.75 Å². The first kappa shape index (κ1) is 13.2. The molecule has 0 amide bonds. The summed E-state index contributed by atoms with van der Waals surface area (Å²) in [6.45, 7) is -1.15. The molecule has 0 spiro atoms. The van der Waals surface area contributed by atoms with Crippen LogP contribution < -0.4 is 4.74 Å².